The van der Waals surface area contributed by atoms with Crippen molar-refractivity contribution in [1.29, 1.82) is 0 Å². The van der Waals surface area contributed by atoms with Crippen molar-refractivity contribution in [1.82, 2.24) is 4.90 Å². The van der Waals surface area contributed by atoms with Crippen LogP contribution in [0.25, 0.3) is 0 Å². The van der Waals surface area contributed by atoms with Crippen LogP contribution in [0.2, 0.25) is 0 Å². The molecule has 1 aliphatic rings. The van der Waals surface area contributed by atoms with Crippen molar-refractivity contribution < 1.29 is 23.8 Å². The molecule has 128 valence electrons. The van der Waals surface area contributed by atoms with Crippen LogP contribution in [-0.4, -0.2) is 55.9 Å². The predicted molar refractivity (Wildman–Crippen MR) is 86.1 cm³/mol. The van der Waals surface area contributed by atoms with E-state index in [1.807, 2.05) is 17.5 Å². The summed E-state index contributed by atoms with van der Waals surface area (Å²) in [5.74, 6) is -0.765. The lowest BCUT2D eigenvalue weighted by molar-refractivity contribution is -0.162. The van der Waals surface area contributed by atoms with Crippen LogP contribution in [0.5, 0.6) is 0 Å². The third kappa shape index (κ3) is 5.93. The van der Waals surface area contributed by atoms with Crippen LogP contribution in [0.3, 0.4) is 0 Å². The first kappa shape index (κ1) is 17.9. The van der Waals surface area contributed by atoms with E-state index in [0.717, 1.165) is 24.3 Å². The Labute approximate surface area is 140 Å². The van der Waals surface area contributed by atoms with Crippen molar-refractivity contribution in [2.24, 2.45) is 0 Å². The number of nitrogens with zero attached hydrogens (tertiary/aromatic N) is 1. The summed E-state index contributed by atoms with van der Waals surface area (Å²) in [7, 11) is 1.69. The van der Waals surface area contributed by atoms with Crippen LogP contribution in [0, 0.1) is 0 Å². The van der Waals surface area contributed by atoms with E-state index >= 15 is 0 Å². The van der Waals surface area contributed by atoms with Crippen LogP contribution in [0.1, 0.15) is 24.6 Å². The Morgan fingerprint density at radius 3 is 3.00 bits per heavy atom. The fourth-order valence-corrected chi connectivity index (χ4v) is 2.94. The van der Waals surface area contributed by atoms with E-state index in [1.165, 1.54) is 4.90 Å². The van der Waals surface area contributed by atoms with Crippen molar-refractivity contribution >= 4 is 23.2 Å². The Hall–Kier alpha value is -1.44. The second-order valence-electron chi connectivity index (χ2n) is 5.55. The topological polar surface area (TPSA) is 65.1 Å². The summed E-state index contributed by atoms with van der Waals surface area (Å²) in [6.07, 6.45) is 1.34. The highest BCUT2D eigenvalue weighted by atomic mass is 32.1. The maximum Gasteiger partial charge on any atom is 0.335 e. The van der Waals surface area contributed by atoms with E-state index in [4.69, 9.17) is 14.2 Å². The number of hydrogen-bond donors (Lipinski definition) is 0. The third-order valence-corrected chi connectivity index (χ3v) is 4.49. The van der Waals surface area contributed by atoms with Gasteiger partial charge in [-0.1, -0.05) is 6.07 Å². The monoisotopic (exact) mass is 341 g/mol. The molecule has 2 atom stereocenters. The van der Waals surface area contributed by atoms with Gasteiger partial charge in [0.25, 0.3) is 5.91 Å². The van der Waals surface area contributed by atoms with Crippen LogP contribution in [-0.2, 0) is 30.3 Å². The third-order valence-electron chi connectivity index (χ3n) is 3.62. The normalized spacial score (nSPS) is 18.6. The van der Waals surface area contributed by atoms with E-state index in [1.54, 1.807) is 25.3 Å². The van der Waals surface area contributed by atoms with Gasteiger partial charge in [-0.25, -0.2) is 4.79 Å². The van der Waals surface area contributed by atoms with Gasteiger partial charge in [0.05, 0.1) is 19.3 Å². The molecule has 0 aromatic carbocycles. The molecule has 0 N–H and O–H groups in total. The van der Waals surface area contributed by atoms with Crippen LogP contribution >= 0.6 is 11.3 Å². The number of hydrogen-bond acceptors (Lipinski definition) is 6. The highest BCUT2D eigenvalue weighted by Crippen LogP contribution is 2.13. The fraction of sp³-hybridized carbons (Fsp3) is 0.625. The minimum Gasteiger partial charge on any atom is -0.454 e. The first-order chi connectivity index (χ1) is 11.1. The zero-order chi connectivity index (χ0) is 16.7. The molecule has 1 fully saturated rings. The summed E-state index contributed by atoms with van der Waals surface area (Å²) >= 11 is 1.58. The maximum absolute atomic E-state index is 12.0. The second kappa shape index (κ2) is 9.00. The minimum atomic E-state index is -0.699. The van der Waals surface area contributed by atoms with Crippen molar-refractivity contribution in [2.75, 3.05) is 26.9 Å². The van der Waals surface area contributed by atoms with E-state index in [9.17, 15) is 9.59 Å². The van der Waals surface area contributed by atoms with Crippen molar-refractivity contribution in [3.05, 3.63) is 22.4 Å². The van der Waals surface area contributed by atoms with E-state index in [-0.39, 0.29) is 18.6 Å². The van der Waals surface area contributed by atoms with Crippen LogP contribution < -0.4 is 0 Å². The summed E-state index contributed by atoms with van der Waals surface area (Å²) < 4.78 is 15.9. The lowest BCUT2D eigenvalue weighted by Crippen LogP contribution is -2.33. The molecule has 7 heteroatoms. The molecule has 0 bridgehead atoms. The van der Waals surface area contributed by atoms with Crippen LogP contribution in [0.4, 0.5) is 0 Å². The molecular formula is C16H23NO5S. The van der Waals surface area contributed by atoms with Gasteiger partial charge >= 0.3 is 5.97 Å². The van der Waals surface area contributed by atoms with Crippen molar-refractivity contribution in [3.63, 3.8) is 0 Å². The average molecular weight is 341 g/mol. The quantitative estimate of drug-likeness (QED) is 0.675. The first-order valence-corrected chi connectivity index (χ1v) is 8.60. The molecule has 2 unspecified atom stereocenters. The summed E-state index contributed by atoms with van der Waals surface area (Å²) in [5.41, 5.74) is 0. The molecule has 0 spiro atoms. The largest absolute Gasteiger partial charge is 0.454 e. The number of carbonyl (C=O) groups excluding carboxylic acids is 2. The number of carbonyl (C=O) groups is 2. The van der Waals surface area contributed by atoms with Gasteiger partial charge in [0.15, 0.2) is 12.7 Å². The Balaban J connectivity index is 1.64. The van der Waals surface area contributed by atoms with Gasteiger partial charge in [-0.3, -0.25) is 4.79 Å². The number of rotatable bonds is 8. The zero-order valence-corrected chi connectivity index (χ0v) is 14.3. The van der Waals surface area contributed by atoms with Gasteiger partial charge in [0.1, 0.15) is 0 Å². The molecule has 1 saturated heterocycles. The summed E-state index contributed by atoms with van der Waals surface area (Å²) in [6.45, 7) is 2.99. The molecule has 1 aliphatic heterocycles. The molecule has 6 nitrogen and oxygen atoms in total. The highest BCUT2D eigenvalue weighted by molar-refractivity contribution is 7.09. The molecule has 1 aromatic heterocycles. The van der Waals surface area contributed by atoms with Gasteiger partial charge in [-0.15, -0.1) is 11.3 Å². The molecule has 23 heavy (non-hydrogen) atoms. The van der Waals surface area contributed by atoms with Gasteiger partial charge in [0.2, 0.25) is 0 Å². The standard InChI is InChI=1S/C16H23NO5S/c1-12(21-10-13-5-3-7-20-13)16(19)22-11-15(18)17(2)9-14-6-4-8-23-14/h4,6,8,12-13H,3,5,7,9-11H2,1-2H3. The number of amides is 1. The number of likely N-dealkylation sites (N-methyl/N-ethyl adjacent to an activating group) is 1. The Morgan fingerprint density at radius 1 is 1.52 bits per heavy atom. The fourth-order valence-electron chi connectivity index (χ4n) is 2.18. The summed E-state index contributed by atoms with van der Waals surface area (Å²) in [6, 6.07) is 3.90. The lowest BCUT2D eigenvalue weighted by Gasteiger charge is -2.18. The van der Waals surface area contributed by atoms with E-state index in [2.05, 4.69) is 0 Å². The smallest absolute Gasteiger partial charge is 0.335 e. The highest BCUT2D eigenvalue weighted by Gasteiger charge is 2.22. The van der Waals surface area contributed by atoms with Gasteiger partial charge in [-0.05, 0) is 31.2 Å². The molecule has 1 amide bonds. The number of esters is 1. The SMILES string of the molecule is CC(OCC1CCCO1)C(=O)OCC(=O)N(C)Cc1cccs1. The number of thiophene rings is 1. The Bertz CT molecular complexity index is 499. The molecule has 0 saturated carbocycles. The van der Waals surface area contributed by atoms with Crippen LogP contribution in [0.15, 0.2) is 17.5 Å². The molecule has 2 rings (SSSR count). The Morgan fingerprint density at radius 2 is 2.35 bits per heavy atom. The number of ether oxygens (including phenoxy) is 3. The van der Waals surface area contributed by atoms with E-state index in [0.29, 0.717) is 13.2 Å². The lowest BCUT2D eigenvalue weighted by atomic mass is 10.2. The van der Waals surface area contributed by atoms with Crippen molar-refractivity contribution in [2.45, 2.75) is 38.5 Å². The Kier molecular flexibility index (Phi) is 7.01. The molecule has 0 radical (unpaired) electrons. The second-order valence-corrected chi connectivity index (χ2v) is 6.58. The summed E-state index contributed by atoms with van der Waals surface area (Å²) in [4.78, 5) is 26.4. The molecule has 0 aliphatic carbocycles. The molecule has 1 aromatic rings. The van der Waals surface area contributed by atoms with Gasteiger partial charge < -0.3 is 19.1 Å². The predicted octanol–water partition coefficient (Wildman–Crippen LogP) is 1.83. The van der Waals surface area contributed by atoms with Gasteiger partial charge in [-0.2, -0.15) is 0 Å². The van der Waals surface area contributed by atoms with Gasteiger partial charge in [0, 0.05) is 18.5 Å². The molecule has 2 heterocycles. The zero-order valence-electron chi connectivity index (χ0n) is 13.5. The first-order valence-electron chi connectivity index (χ1n) is 7.72. The minimum absolute atomic E-state index is 0.0591. The molecular weight excluding hydrogens is 318 g/mol. The maximum atomic E-state index is 12.0. The van der Waals surface area contributed by atoms with Crippen molar-refractivity contribution in [3.8, 4) is 0 Å². The van der Waals surface area contributed by atoms with E-state index < -0.39 is 12.1 Å². The average Bonchev–Trinajstić information content (AvgIpc) is 3.23. The summed E-state index contributed by atoms with van der Waals surface area (Å²) in [5, 5.41) is 1.96.